The van der Waals surface area contributed by atoms with Crippen molar-refractivity contribution < 1.29 is 0 Å². The molecule has 3 rings (SSSR count). The van der Waals surface area contributed by atoms with E-state index in [1.54, 1.807) is 0 Å². The Morgan fingerprint density at radius 3 is 1.96 bits per heavy atom. The van der Waals surface area contributed by atoms with Crippen molar-refractivity contribution >= 4 is 0 Å². The Bertz CT molecular complexity index is 316. The number of hydrogen-bond acceptors (Lipinski definition) is 2. The highest BCUT2D eigenvalue weighted by Gasteiger charge is 2.43. The van der Waals surface area contributed by atoms with E-state index in [0.717, 1.165) is 17.9 Å². The van der Waals surface area contributed by atoms with Crippen molar-refractivity contribution in [3.8, 4) is 0 Å². The van der Waals surface area contributed by atoms with Gasteiger partial charge in [-0.3, -0.25) is 4.90 Å². The maximum atomic E-state index is 2.76. The molecule has 0 aliphatic carbocycles. The standard InChI is InChI=1S/C11H21N.C9H19N.C2H6/c1-10(2)9-11-5-3-7-12(11)8-4-6-11;1-4-8(2)9-6-5-7-10(9)3;1-2/h10H,3-9H2,1-2H3;8-9H,4-7H2,1-3H3;1-2H3. The number of fused-ring (bicyclic) bond motifs is 1. The van der Waals surface area contributed by atoms with Crippen LogP contribution in [0, 0.1) is 11.8 Å². The molecule has 144 valence electrons. The Morgan fingerprint density at radius 1 is 0.958 bits per heavy atom. The molecule has 0 aromatic heterocycles. The molecule has 0 spiro atoms. The molecule has 2 heteroatoms. The number of rotatable bonds is 4. The molecular formula is C22H46N2. The van der Waals surface area contributed by atoms with Gasteiger partial charge in [-0.1, -0.05) is 48.0 Å². The summed E-state index contributed by atoms with van der Waals surface area (Å²) in [5, 5.41) is 0. The van der Waals surface area contributed by atoms with E-state index in [-0.39, 0.29) is 0 Å². The first-order chi connectivity index (χ1) is 11.5. The zero-order valence-corrected chi connectivity index (χ0v) is 17.9. The highest BCUT2D eigenvalue weighted by atomic mass is 15.2. The lowest BCUT2D eigenvalue weighted by Gasteiger charge is -2.33. The third kappa shape index (κ3) is 5.73. The van der Waals surface area contributed by atoms with Gasteiger partial charge in [-0.25, -0.2) is 0 Å². The third-order valence-electron chi connectivity index (χ3n) is 6.48. The van der Waals surface area contributed by atoms with Crippen molar-refractivity contribution in [1.29, 1.82) is 0 Å². The van der Waals surface area contributed by atoms with Gasteiger partial charge in [0.1, 0.15) is 0 Å². The Hall–Kier alpha value is -0.0800. The summed E-state index contributed by atoms with van der Waals surface area (Å²) in [4.78, 5) is 5.27. The van der Waals surface area contributed by atoms with Gasteiger partial charge in [0.25, 0.3) is 0 Å². The van der Waals surface area contributed by atoms with E-state index >= 15 is 0 Å². The first-order valence-corrected chi connectivity index (χ1v) is 10.9. The predicted molar refractivity (Wildman–Crippen MR) is 109 cm³/mol. The summed E-state index contributed by atoms with van der Waals surface area (Å²) in [5.41, 5.74) is 0.661. The molecule has 0 N–H and O–H groups in total. The summed E-state index contributed by atoms with van der Waals surface area (Å²) >= 11 is 0. The lowest BCUT2D eigenvalue weighted by atomic mass is 9.85. The van der Waals surface area contributed by atoms with Gasteiger partial charge in [0.2, 0.25) is 0 Å². The van der Waals surface area contributed by atoms with Gasteiger partial charge < -0.3 is 4.90 Å². The molecule has 2 atom stereocenters. The van der Waals surface area contributed by atoms with E-state index in [1.165, 1.54) is 71.0 Å². The minimum absolute atomic E-state index is 0.661. The van der Waals surface area contributed by atoms with Crippen LogP contribution in [0.1, 0.15) is 92.9 Å². The van der Waals surface area contributed by atoms with Crippen LogP contribution in [0.3, 0.4) is 0 Å². The molecule has 0 aromatic rings. The van der Waals surface area contributed by atoms with Gasteiger partial charge in [-0.15, -0.1) is 0 Å². The van der Waals surface area contributed by atoms with Gasteiger partial charge >= 0.3 is 0 Å². The lowest BCUT2D eigenvalue weighted by molar-refractivity contribution is 0.163. The molecule has 2 nitrogen and oxygen atoms in total. The van der Waals surface area contributed by atoms with Crippen LogP contribution in [-0.2, 0) is 0 Å². The summed E-state index contributed by atoms with van der Waals surface area (Å²) in [5.74, 6) is 1.77. The minimum atomic E-state index is 0.661. The topological polar surface area (TPSA) is 6.48 Å². The van der Waals surface area contributed by atoms with Gasteiger partial charge in [0.05, 0.1) is 0 Å². The fourth-order valence-corrected chi connectivity index (χ4v) is 5.25. The minimum Gasteiger partial charge on any atom is -0.303 e. The lowest BCUT2D eigenvalue weighted by Crippen LogP contribution is -2.39. The van der Waals surface area contributed by atoms with Crippen LogP contribution in [0.5, 0.6) is 0 Å². The van der Waals surface area contributed by atoms with Crippen molar-refractivity contribution in [2.75, 3.05) is 26.7 Å². The highest BCUT2D eigenvalue weighted by molar-refractivity contribution is 5.00. The van der Waals surface area contributed by atoms with E-state index in [1.807, 2.05) is 13.8 Å². The second-order valence-corrected chi connectivity index (χ2v) is 8.59. The molecule has 2 unspecified atom stereocenters. The predicted octanol–water partition coefficient (Wildman–Crippen LogP) is 5.81. The summed E-state index contributed by atoms with van der Waals surface area (Å²) < 4.78 is 0. The molecule has 3 saturated heterocycles. The molecule has 0 aromatic carbocycles. The average molecular weight is 339 g/mol. The first-order valence-electron chi connectivity index (χ1n) is 10.9. The van der Waals surface area contributed by atoms with Crippen LogP contribution < -0.4 is 0 Å². The fraction of sp³-hybridized carbons (Fsp3) is 1.00. The second-order valence-electron chi connectivity index (χ2n) is 8.59. The van der Waals surface area contributed by atoms with Crippen molar-refractivity contribution in [3.05, 3.63) is 0 Å². The largest absolute Gasteiger partial charge is 0.303 e. The van der Waals surface area contributed by atoms with E-state index in [2.05, 4.69) is 44.5 Å². The van der Waals surface area contributed by atoms with Crippen molar-refractivity contribution in [2.24, 2.45) is 11.8 Å². The van der Waals surface area contributed by atoms with Gasteiger partial charge in [0.15, 0.2) is 0 Å². The molecule has 3 fully saturated rings. The van der Waals surface area contributed by atoms with Gasteiger partial charge in [-0.05, 0) is 83.5 Å². The fourth-order valence-electron chi connectivity index (χ4n) is 5.25. The summed E-state index contributed by atoms with van der Waals surface area (Å²) in [6.07, 6.45) is 11.5. The van der Waals surface area contributed by atoms with E-state index in [9.17, 15) is 0 Å². The SMILES string of the molecule is CC.CC(C)CC12CCCN1CCC2.CCC(C)C1CCCN1C. The smallest absolute Gasteiger partial charge is 0.0213 e. The molecule has 3 heterocycles. The number of nitrogens with zero attached hydrogens (tertiary/aromatic N) is 2. The maximum Gasteiger partial charge on any atom is 0.0213 e. The molecule has 3 aliphatic rings. The maximum absolute atomic E-state index is 2.76. The van der Waals surface area contributed by atoms with E-state index in [4.69, 9.17) is 0 Å². The summed E-state index contributed by atoms with van der Waals surface area (Å²) in [6.45, 7) is 17.5. The zero-order chi connectivity index (χ0) is 18.2. The van der Waals surface area contributed by atoms with Crippen LogP contribution in [0.4, 0.5) is 0 Å². The molecule has 0 amide bonds. The second kappa shape index (κ2) is 10.8. The number of likely N-dealkylation sites (tertiary alicyclic amines) is 1. The van der Waals surface area contributed by atoms with Crippen molar-refractivity contribution in [1.82, 2.24) is 9.80 Å². The molecule has 3 aliphatic heterocycles. The molecule has 0 radical (unpaired) electrons. The highest BCUT2D eigenvalue weighted by Crippen LogP contribution is 2.42. The average Bonchev–Trinajstić information content (AvgIpc) is 3.24. The molecular weight excluding hydrogens is 292 g/mol. The van der Waals surface area contributed by atoms with Crippen LogP contribution in [0.25, 0.3) is 0 Å². The Morgan fingerprint density at radius 2 is 1.54 bits per heavy atom. The van der Waals surface area contributed by atoms with Gasteiger partial charge in [0, 0.05) is 11.6 Å². The Kier molecular flexibility index (Phi) is 9.89. The van der Waals surface area contributed by atoms with Crippen LogP contribution in [-0.4, -0.2) is 48.1 Å². The van der Waals surface area contributed by atoms with Crippen LogP contribution in [0.15, 0.2) is 0 Å². The van der Waals surface area contributed by atoms with Crippen LogP contribution in [0.2, 0.25) is 0 Å². The first kappa shape index (κ1) is 22.0. The van der Waals surface area contributed by atoms with E-state index < -0.39 is 0 Å². The molecule has 24 heavy (non-hydrogen) atoms. The zero-order valence-electron chi connectivity index (χ0n) is 17.9. The Balaban J connectivity index is 0.000000221. The summed E-state index contributed by atoms with van der Waals surface area (Å²) in [7, 11) is 2.25. The van der Waals surface area contributed by atoms with E-state index in [0.29, 0.717) is 5.54 Å². The molecule has 0 bridgehead atoms. The Labute approximate surface area is 153 Å². The number of hydrogen-bond donors (Lipinski definition) is 0. The van der Waals surface area contributed by atoms with Crippen molar-refractivity contribution in [2.45, 2.75) is 104 Å². The normalized spacial score (nSPS) is 27.2. The molecule has 0 saturated carbocycles. The monoisotopic (exact) mass is 338 g/mol. The quantitative estimate of drug-likeness (QED) is 0.638. The summed E-state index contributed by atoms with van der Waals surface area (Å²) in [6, 6.07) is 0.880. The van der Waals surface area contributed by atoms with Crippen LogP contribution >= 0.6 is 0 Å². The van der Waals surface area contributed by atoms with Crippen molar-refractivity contribution in [3.63, 3.8) is 0 Å². The third-order valence-corrected chi connectivity index (χ3v) is 6.48. The van der Waals surface area contributed by atoms with Gasteiger partial charge in [-0.2, -0.15) is 0 Å².